The van der Waals surface area contributed by atoms with E-state index in [-0.39, 0.29) is 12.0 Å². The van der Waals surface area contributed by atoms with Gasteiger partial charge >= 0.3 is 0 Å². The Labute approximate surface area is 113 Å². The summed E-state index contributed by atoms with van der Waals surface area (Å²) in [6.07, 6.45) is 2.04. The number of aryl methyl sites for hydroxylation is 1. The summed E-state index contributed by atoms with van der Waals surface area (Å²) in [4.78, 5) is 19.8. The zero-order chi connectivity index (χ0) is 13.4. The van der Waals surface area contributed by atoms with Gasteiger partial charge in [-0.3, -0.25) is 4.79 Å². The van der Waals surface area contributed by atoms with Crippen LogP contribution in [0.1, 0.15) is 28.2 Å². The molecule has 1 aromatic rings. The van der Waals surface area contributed by atoms with E-state index in [0.717, 1.165) is 50.3 Å². The minimum atomic E-state index is -0.255. The van der Waals surface area contributed by atoms with Gasteiger partial charge in [0, 0.05) is 38.3 Å². The lowest BCUT2D eigenvalue weighted by Gasteiger charge is -2.32. The van der Waals surface area contributed by atoms with Gasteiger partial charge in [-0.2, -0.15) is 0 Å². The zero-order valence-corrected chi connectivity index (χ0v) is 11.4. The second-order valence-corrected chi connectivity index (χ2v) is 5.68. The summed E-state index contributed by atoms with van der Waals surface area (Å²) >= 11 is 0. The van der Waals surface area contributed by atoms with Crippen molar-refractivity contribution in [1.82, 2.24) is 14.8 Å². The van der Waals surface area contributed by atoms with Crippen molar-refractivity contribution < 1.29 is 9.90 Å². The molecule has 1 aromatic heterocycles. The number of carbonyl (C=O) groups excluding carboxylic acids is 1. The van der Waals surface area contributed by atoms with E-state index in [1.54, 1.807) is 0 Å². The normalized spacial score (nSPS) is 24.3. The molecule has 19 heavy (non-hydrogen) atoms. The van der Waals surface area contributed by atoms with Crippen molar-refractivity contribution in [3.63, 3.8) is 0 Å². The highest BCUT2D eigenvalue weighted by molar-refractivity contribution is 5.93. The minimum absolute atomic E-state index is 0.0944. The molecule has 0 bridgehead atoms. The predicted molar refractivity (Wildman–Crippen MR) is 72.2 cm³/mol. The van der Waals surface area contributed by atoms with Gasteiger partial charge in [0.05, 0.1) is 6.10 Å². The van der Waals surface area contributed by atoms with Crippen LogP contribution in [0.4, 0.5) is 0 Å². The molecule has 1 aliphatic carbocycles. The number of nitrogens with zero attached hydrogens (tertiary/aromatic N) is 2. The third kappa shape index (κ3) is 2.53. The molecule has 1 aliphatic heterocycles. The lowest BCUT2D eigenvalue weighted by molar-refractivity contribution is 0.0658. The fourth-order valence-corrected chi connectivity index (χ4v) is 2.91. The number of fused-ring (bicyclic) bond motifs is 1. The van der Waals surface area contributed by atoms with Crippen LogP contribution in [0.2, 0.25) is 0 Å². The molecule has 3 rings (SSSR count). The van der Waals surface area contributed by atoms with Crippen molar-refractivity contribution in [1.29, 1.82) is 0 Å². The van der Waals surface area contributed by atoms with Gasteiger partial charge in [-0.1, -0.05) is 0 Å². The second kappa shape index (κ2) is 4.98. The van der Waals surface area contributed by atoms with Crippen LogP contribution in [-0.2, 0) is 12.8 Å². The number of likely N-dealkylation sites (N-methyl/N-ethyl adjacent to an activating group) is 1. The van der Waals surface area contributed by atoms with Gasteiger partial charge in [-0.15, -0.1) is 0 Å². The van der Waals surface area contributed by atoms with Crippen LogP contribution in [-0.4, -0.2) is 65.1 Å². The summed E-state index contributed by atoms with van der Waals surface area (Å²) in [7, 11) is 2.08. The Hall–Kier alpha value is -1.33. The van der Waals surface area contributed by atoms with Crippen molar-refractivity contribution in [2.45, 2.75) is 25.4 Å². The first-order valence-corrected chi connectivity index (χ1v) is 7.00. The molecular formula is C14H21N3O2. The number of piperazine rings is 1. The molecule has 2 aliphatic rings. The van der Waals surface area contributed by atoms with Crippen LogP contribution in [0, 0.1) is 0 Å². The van der Waals surface area contributed by atoms with E-state index in [0.29, 0.717) is 12.1 Å². The van der Waals surface area contributed by atoms with Crippen molar-refractivity contribution in [3.8, 4) is 0 Å². The average Bonchev–Trinajstić information content (AvgIpc) is 2.81. The van der Waals surface area contributed by atoms with Crippen molar-refractivity contribution in [2.75, 3.05) is 33.2 Å². The maximum absolute atomic E-state index is 12.4. The van der Waals surface area contributed by atoms with E-state index in [1.807, 2.05) is 11.0 Å². The summed E-state index contributed by atoms with van der Waals surface area (Å²) in [5, 5.41) is 9.67. The highest BCUT2D eigenvalue weighted by Crippen LogP contribution is 2.23. The lowest BCUT2D eigenvalue weighted by Crippen LogP contribution is -2.47. The average molecular weight is 263 g/mol. The molecular weight excluding hydrogens is 242 g/mol. The Morgan fingerprint density at radius 2 is 2.11 bits per heavy atom. The lowest BCUT2D eigenvalue weighted by atomic mass is 9.96. The molecule has 104 valence electrons. The summed E-state index contributed by atoms with van der Waals surface area (Å²) in [6.45, 7) is 3.46. The first-order chi connectivity index (χ1) is 9.13. The number of nitrogens with one attached hydrogen (secondary N) is 1. The molecule has 0 radical (unpaired) electrons. The van der Waals surface area contributed by atoms with E-state index >= 15 is 0 Å². The molecule has 0 aromatic carbocycles. The standard InChI is InChI=1S/C14H21N3O2/c1-16-4-6-17(7-5-16)14(19)13-9-10-8-11(18)2-3-12(10)15-13/h9,11,15,18H,2-8H2,1H3. The smallest absolute Gasteiger partial charge is 0.270 e. The van der Waals surface area contributed by atoms with E-state index in [4.69, 9.17) is 0 Å². The fourth-order valence-electron chi connectivity index (χ4n) is 2.91. The van der Waals surface area contributed by atoms with Crippen molar-refractivity contribution >= 4 is 5.91 Å². The van der Waals surface area contributed by atoms with Crippen LogP contribution in [0.15, 0.2) is 6.07 Å². The third-order valence-electron chi connectivity index (χ3n) is 4.20. The number of aliphatic hydroxyl groups excluding tert-OH is 1. The third-order valence-corrected chi connectivity index (χ3v) is 4.20. The first-order valence-electron chi connectivity index (χ1n) is 7.00. The zero-order valence-electron chi connectivity index (χ0n) is 11.4. The molecule has 1 saturated heterocycles. The fraction of sp³-hybridized carbons (Fsp3) is 0.643. The Bertz CT molecular complexity index is 475. The Kier molecular flexibility index (Phi) is 3.33. The van der Waals surface area contributed by atoms with E-state index < -0.39 is 0 Å². The number of aromatic nitrogens is 1. The first kappa shape index (κ1) is 12.7. The van der Waals surface area contributed by atoms with Gasteiger partial charge in [0.2, 0.25) is 0 Å². The number of aromatic amines is 1. The molecule has 0 saturated carbocycles. The number of H-pyrrole nitrogens is 1. The maximum atomic E-state index is 12.4. The van der Waals surface area contributed by atoms with Gasteiger partial charge in [0.25, 0.3) is 5.91 Å². The molecule has 2 heterocycles. The van der Waals surface area contributed by atoms with E-state index in [2.05, 4.69) is 16.9 Å². The molecule has 2 N–H and O–H groups in total. The van der Waals surface area contributed by atoms with Crippen LogP contribution in [0.3, 0.4) is 0 Å². The molecule has 1 atom stereocenters. The highest BCUT2D eigenvalue weighted by Gasteiger charge is 2.25. The van der Waals surface area contributed by atoms with E-state index in [1.165, 1.54) is 0 Å². The van der Waals surface area contributed by atoms with Gasteiger partial charge in [0.1, 0.15) is 5.69 Å². The van der Waals surface area contributed by atoms with Gasteiger partial charge in [-0.05, 0) is 31.5 Å². The van der Waals surface area contributed by atoms with Crippen LogP contribution >= 0.6 is 0 Å². The minimum Gasteiger partial charge on any atom is -0.393 e. The summed E-state index contributed by atoms with van der Waals surface area (Å²) < 4.78 is 0. The topological polar surface area (TPSA) is 59.6 Å². The van der Waals surface area contributed by atoms with Crippen molar-refractivity contribution in [3.05, 3.63) is 23.0 Å². The maximum Gasteiger partial charge on any atom is 0.270 e. The SMILES string of the molecule is CN1CCN(C(=O)c2cc3c([nH]2)CCC(O)C3)CC1. The van der Waals surface area contributed by atoms with Gasteiger partial charge in [-0.25, -0.2) is 0 Å². The summed E-state index contributed by atoms with van der Waals surface area (Å²) in [5.74, 6) is 0.0944. The number of hydrogen-bond acceptors (Lipinski definition) is 3. The summed E-state index contributed by atoms with van der Waals surface area (Å²) in [5.41, 5.74) is 2.92. The molecule has 1 fully saturated rings. The highest BCUT2D eigenvalue weighted by atomic mass is 16.3. The number of rotatable bonds is 1. The van der Waals surface area contributed by atoms with Gasteiger partial charge < -0.3 is 19.9 Å². The Balaban J connectivity index is 1.74. The molecule has 0 spiro atoms. The van der Waals surface area contributed by atoms with Crippen LogP contribution in [0.25, 0.3) is 0 Å². The molecule has 1 amide bonds. The Morgan fingerprint density at radius 1 is 1.37 bits per heavy atom. The van der Waals surface area contributed by atoms with Crippen LogP contribution < -0.4 is 0 Å². The summed E-state index contributed by atoms with van der Waals surface area (Å²) in [6, 6.07) is 1.93. The monoisotopic (exact) mass is 263 g/mol. The molecule has 1 unspecified atom stereocenters. The molecule has 5 nitrogen and oxygen atoms in total. The second-order valence-electron chi connectivity index (χ2n) is 5.68. The number of carbonyl (C=O) groups is 1. The van der Waals surface area contributed by atoms with Gasteiger partial charge in [0.15, 0.2) is 0 Å². The number of hydrogen-bond donors (Lipinski definition) is 2. The van der Waals surface area contributed by atoms with E-state index in [9.17, 15) is 9.90 Å². The van der Waals surface area contributed by atoms with Crippen LogP contribution in [0.5, 0.6) is 0 Å². The Morgan fingerprint density at radius 3 is 2.84 bits per heavy atom. The molecule has 5 heteroatoms. The quantitative estimate of drug-likeness (QED) is 0.763. The van der Waals surface area contributed by atoms with Crippen molar-refractivity contribution in [2.24, 2.45) is 0 Å². The number of amides is 1. The largest absolute Gasteiger partial charge is 0.393 e. The predicted octanol–water partition coefficient (Wildman–Crippen LogP) is 0.252. The number of aliphatic hydroxyl groups is 1.